The lowest BCUT2D eigenvalue weighted by Crippen LogP contribution is -2.26. The van der Waals surface area contributed by atoms with E-state index in [2.05, 4.69) is 14.7 Å². The summed E-state index contributed by atoms with van der Waals surface area (Å²) in [5, 5.41) is 3.12. The SMILES string of the molecule is Cc1nsc(NC(=O)C(CC2CCOCC2)c2ccc(S(=O)(=O)C3CC3)cc2)n1. The van der Waals surface area contributed by atoms with Crippen LogP contribution in [0.4, 0.5) is 5.13 Å². The number of hydrogen-bond acceptors (Lipinski definition) is 7. The molecule has 0 radical (unpaired) electrons. The average Bonchev–Trinajstić information content (AvgIpc) is 3.51. The quantitative estimate of drug-likeness (QED) is 0.716. The lowest BCUT2D eigenvalue weighted by atomic mass is 9.84. The second-order valence-corrected chi connectivity index (χ2v) is 10.8. The van der Waals surface area contributed by atoms with Crippen molar-refractivity contribution in [2.75, 3.05) is 18.5 Å². The lowest BCUT2D eigenvalue weighted by molar-refractivity contribution is -0.118. The van der Waals surface area contributed by atoms with Crippen LogP contribution in [0.1, 0.15) is 49.4 Å². The molecule has 1 aromatic carbocycles. The minimum atomic E-state index is -3.24. The molecule has 7 nitrogen and oxygen atoms in total. The molecule has 9 heteroatoms. The number of carbonyl (C=O) groups excluding carboxylic acids is 1. The van der Waals surface area contributed by atoms with Gasteiger partial charge >= 0.3 is 0 Å². The van der Waals surface area contributed by atoms with Crippen molar-refractivity contribution in [2.24, 2.45) is 5.92 Å². The molecule has 0 spiro atoms. The van der Waals surface area contributed by atoms with E-state index in [1.807, 2.05) is 0 Å². The number of rotatable bonds is 7. The smallest absolute Gasteiger partial charge is 0.233 e. The summed E-state index contributed by atoms with van der Waals surface area (Å²) < 4.78 is 34.5. The zero-order chi connectivity index (χ0) is 20.4. The van der Waals surface area contributed by atoms with Crippen LogP contribution in [-0.4, -0.2) is 42.1 Å². The van der Waals surface area contributed by atoms with Gasteiger partial charge in [0.1, 0.15) is 5.82 Å². The number of sulfone groups is 1. The highest BCUT2D eigenvalue weighted by Gasteiger charge is 2.37. The molecule has 2 heterocycles. The predicted octanol–water partition coefficient (Wildman–Crippen LogP) is 3.32. The number of hydrogen-bond donors (Lipinski definition) is 1. The van der Waals surface area contributed by atoms with Gasteiger partial charge in [0.05, 0.1) is 16.1 Å². The largest absolute Gasteiger partial charge is 0.381 e. The first kappa shape index (κ1) is 20.4. The van der Waals surface area contributed by atoms with Crippen molar-refractivity contribution in [3.05, 3.63) is 35.7 Å². The van der Waals surface area contributed by atoms with E-state index in [-0.39, 0.29) is 17.1 Å². The zero-order valence-electron chi connectivity index (χ0n) is 16.3. The van der Waals surface area contributed by atoms with Crippen molar-refractivity contribution in [1.29, 1.82) is 0 Å². The maximum absolute atomic E-state index is 13.1. The van der Waals surface area contributed by atoms with Crippen LogP contribution in [0.2, 0.25) is 0 Å². The van der Waals surface area contributed by atoms with Gasteiger partial charge in [0.15, 0.2) is 9.84 Å². The molecule has 2 fully saturated rings. The Bertz CT molecular complexity index is 962. The van der Waals surface area contributed by atoms with E-state index in [1.165, 1.54) is 0 Å². The van der Waals surface area contributed by atoms with E-state index in [9.17, 15) is 13.2 Å². The molecule has 1 atom stereocenters. The molecular weight excluding hydrogens is 410 g/mol. The Morgan fingerprint density at radius 1 is 1.21 bits per heavy atom. The van der Waals surface area contributed by atoms with Gasteiger partial charge < -0.3 is 10.1 Å². The maximum atomic E-state index is 13.1. The van der Waals surface area contributed by atoms with Crippen LogP contribution in [-0.2, 0) is 19.4 Å². The topological polar surface area (TPSA) is 98.2 Å². The first-order chi connectivity index (χ1) is 13.9. The molecule has 2 aliphatic rings. The first-order valence-corrected chi connectivity index (χ1v) is 12.3. The summed E-state index contributed by atoms with van der Waals surface area (Å²) in [6, 6.07) is 6.85. The number of carbonyl (C=O) groups is 1. The number of aromatic nitrogens is 2. The van der Waals surface area contributed by atoms with Gasteiger partial charge in [0, 0.05) is 24.7 Å². The van der Waals surface area contributed by atoms with Gasteiger partial charge in [-0.1, -0.05) is 12.1 Å². The molecule has 0 bridgehead atoms. The van der Waals surface area contributed by atoms with E-state index in [0.717, 1.165) is 42.8 Å². The van der Waals surface area contributed by atoms with Crippen LogP contribution in [0.15, 0.2) is 29.2 Å². The molecule has 29 heavy (non-hydrogen) atoms. The van der Waals surface area contributed by atoms with Gasteiger partial charge in [-0.3, -0.25) is 4.79 Å². The molecule has 4 rings (SSSR count). The van der Waals surface area contributed by atoms with E-state index in [1.54, 1.807) is 31.2 Å². The standard InChI is InChI=1S/C20H25N3O4S2/c1-13-21-20(28-23-13)22-19(24)18(12-14-8-10-27-11-9-14)15-2-4-16(5-3-15)29(25,26)17-6-7-17/h2-5,14,17-18H,6-12H2,1H3,(H,21,22,23,24). The summed E-state index contributed by atoms with van der Waals surface area (Å²) in [6.07, 6.45) is 4.02. The molecule has 1 saturated carbocycles. The number of ether oxygens (including phenoxy) is 1. The fraction of sp³-hybridized carbons (Fsp3) is 0.550. The molecule has 1 N–H and O–H groups in total. The Hall–Kier alpha value is -1.84. The average molecular weight is 436 g/mol. The number of nitrogens with one attached hydrogen (secondary N) is 1. The summed E-state index contributed by atoms with van der Waals surface area (Å²) >= 11 is 1.16. The number of aryl methyl sites for hydroxylation is 1. The van der Waals surface area contributed by atoms with Gasteiger partial charge in [-0.25, -0.2) is 13.4 Å². The third kappa shape index (κ3) is 4.84. The molecule has 156 valence electrons. The van der Waals surface area contributed by atoms with E-state index in [4.69, 9.17) is 4.74 Å². The van der Waals surface area contributed by atoms with Crippen LogP contribution >= 0.6 is 11.5 Å². The molecule has 1 aliphatic carbocycles. The summed E-state index contributed by atoms with van der Waals surface area (Å²) in [5.74, 6) is 0.511. The minimum Gasteiger partial charge on any atom is -0.381 e. The molecular formula is C20H25N3O4S2. The third-order valence-corrected chi connectivity index (χ3v) is 8.56. The number of nitrogens with zero attached hydrogens (tertiary/aromatic N) is 2. The second kappa shape index (κ2) is 8.49. The number of amides is 1. The van der Waals surface area contributed by atoms with Gasteiger partial charge in [-0.2, -0.15) is 4.37 Å². The fourth-order valence-corrected chi connectivity index (χ4v) is 5.95. The highest BCUT2D eigenvalue weighted by Crippen LogP contribution is 2.35. The van der Waals surface area contributed by atoms with Gasteiger partial charge in [0.25, 0.3) is 0 Å². The van der Waals surface area contributed by atoms with Gasteiger partial charge in [0.2, 0.25) is 11.0 Å². The maximum Gasteiger partial charge on any atom is 0.233 e. The van der Waals surface area contributed by atoms with Crippen molar-refractivity contribution in [1.82, 2.24) is 9.36 Å². The Kier molecular flexibility index (Phi) is 5.98. The summed E-state index contributed by atoms with van der Waals surface area (Å²) in [5.41, 5.74) is 0.824. The van der Waals surface area contributed by atoms with Crippen molar-refractivity contribution in [2.45, 2.75) is 55.1 Å². The molecule has 2 aromatic rings. The molecule has 1 aromatic heterocycles. The second-order valence-electron chi connectivity index (χ2n) is 7.79. The van der Waals surface area contributed by atoms with Crippen LogP contribution in [0, 0.1) is 12.8 Å². The normalized spacial score (nSPS) is 19.1. The minimum absolute atomic E-state index is 0.134. The van der Waals surface area contributed by atoms with Crippen LogP contribution in [0.3, 0.4) is 0 Å². The first-order valence-electron chi connectivity index (χ1n) is 9.96. The Labute approximate surface area is 175 Å². The molecule has 1 aliphatic heterocycles. The van der Waals surface area contributed by atoms with Crippen molar-refractivity contribution < 1.29 is 17.9 Å². The molecule has 1 unspecified atom stereocenters. The number of benzene rings is 1. The van der Waals surface area contributed by atoms with Crippen LogP contribution in [0.5, 0.6) is 0 Å². The summed E-state index contributed by atoms with van der Waals surface area (Å²) in [7, 11) is -3.24. The molecule has 1 amide bonds. The Morgan fingerprint density at radius 3 is 2.48 bits per heavy atom. The highest BCUT2D eigenvalue weighted by molar-refractivity contribution is 7.92. The van der Waals surface area contributed by atoms with Crippen molar-refractivity contribution >= 4 is 32.4 Å². The monoisotopic (exact) mass is 435 g/mol. The predicted molar refractivity (Wildman–Crippen MR) is 111 cm³/mol. The van der Waals surface area contributed by atoms with E-state index >= 15 is 0 Å². The van der Waals surface area contributed by atoms with E-state index in [0.29, 0.717) is 41.4 Å². The van der Waals surface area contributed by atoms with Gasteiger partial charge in [-0.05, 0) is 62.6 Å². The van der Waals surface area contributed by atoms with Crippen molar-refractivity contribution in [3.63, 3.8) is 0 Å². The third-order valence-electron chi connectivity index (χ3n) is 5.56. The summed E-state index contributed by atoms with van der Waals surface area (Å²) in [4.78, 5) is 17.6. The lowest BCUT2D eigenvalue weighted by Gasteiger charge is -2.26. The molecule has 1 saturated heterocycles. The van der Waals surface area contributed by atoms with Crippen LogP contribution in [0.25, 0.3) is 0 Å². The van der Waals surface area contributed by atoms with Gasteiger partial charge in [-0.15, -0.1) is 0 Å². The number of anilines is 1. The Morgan fingerprint density at radius 2 is 1.90 bits per heavy atom. The fourth-order valence-electron chi connectivity index (χ4n) is 3.71. The van der Waals surface area contributed by atoms with Crippen molar-refractivity contribution in [3.8, 4) is 0 Å². The zero-order valence-corrected chi connectivity index (χ0v) is 18.0. The van der Waals surface area contributed by atoms with E-state index < -0.39 is 9.84 Å². The van der Waals surface area contributed by atoms with Crippen LogP contribution < -0.4 is 5.32 Å². The summed E-state index contributed by atoms with van der Waals surface area (Å²) in [6.45, 7) is 3.21. The highest BCUT2D eigenvalue weighted by atomic mass is 32.2. The Balaban J connectivity index is 1.55.